The number of pyridine rings is 1. The largest absolute Gasteiger partial charge is 0.480 e. The number of aromatic nitrogens is 1. The van der Waals surface area contributed by atoms with Crippen LogP contribution < -0.4 is 4.74 Å². The third-order valence-corrected chi connectivity index (χ3v) is 6.42. The van der Waals surface area contributed by atoms with E-state index in [9.17, 15) is 13.2 Å². The molecule has 0 atom stereocenters. The Labute approximate surface area is 132 Å². The van der Waals surface area contributed by atoms with Crippen LogP contribution in [0.2, 0.25) is 0 Å². The normalized spacial score (nSPS) is 16.8. The van der Waals surface area contributed by atoms with E-state index in [2.05, 4.69) is 20.9 Å². The lowest BCUT2D eigenvalue weighted by Gasteiger charge is -2.33. The van der Waals surface area contributed by atoms with Crippen LogP contribution in [0.3, 0.4) is 0 Å². The maximum absolute atomic E-state index is 12.4. The first kappa shape index (κ1) is 16.2. The molecule has 0 aromatic carbocycles. The summed E-state index contributed by atoms with van der Waals surface area (Å²) in [5, 5.41) is 0. The number of halogens is 1. The number of nitrogens with zero attached hydrogens (tertiary/aromatic N) is 3. The van der Waals surface area contributed by atoms with Crippen LogP contribution in [-0.4, -0.2) is 66.5 Å². The van der Waals surface area contributed by atoms with Gasteiger partial charge in [-0.15, -0.1) is 0 Å². The molecule has 0 radical (unpaired) electrons. The van der Waals surface area contributed by atoms with E-state index in [0.29, 0.717) is 31.7 Å². The van der Waals surface area contributed by atoms with Gasteiger partial charge in [0, 0.05) is 32.4 Å². The highest BCUT2D eigenvalue weighted by Crippen LogP contribution is 2.18. The van der Waals surface area contributed by atoms with Crippen LogP contribution in [0.1, 0.15) is 10.4 Å². The third-order valence-electron chi connectivity index (χ3n) is 3.25. The standard InChI is InChI=1S/C12H16BrN3O4S/c1-20-11-10(3-2-4-14-11)12(17)15-5-7-16(8-6-15)21(18,19)9-13/h2-4H,5-9H2,1H3. The van der Waals surface area contributed by atoms with Crippen LogP contribution in [0.15, 0.2) is 18.3 Å². The molecule has 1 aliphatic rings. The highest BCUT2D eigenvalue weighted by Gasteiger charge is 2.29. The molecule has 1 fully saturated rings. The summed E-state index contributed by atoms with van der Waals surface area (Å²) in [6.45, 7) is 1.29. The minimum Gasteiger partial charge on any atom is -0.480 e. The van der Waals surface area contributed by atoms with Crippen molar-refractivity contribution in [1.29, 1.82) is 0 Å². The first-order valence-electron chi connectivity index (χ1n) is 6.31. The number of ether oxygens (including phenoxy) is 1. The molecule has 21 heavy (non-hydrogen) atoms. The van der Waals surface area contributed by atoms with Crippen LogP contribution in [0.4, 0.5) is 0 Å². The molecule has 9 heteroatoms. The summed E-state index contributed by atoms with van der Waals surface area (Å²) in [5.41, 5.74) is 0.386. The van der Waals surface area contributed by atoms with E-state index in [0.717, 1.165) is 0 Å². The Morgan fingerprint density at radius 3 is 2.62 bits per heavy atom. The van der Waals surface area contributed by atoms with Gasteiger partial charge in [-0.25, -0.2) is 13.4 Å². The summed E-state index contributed by atoms with van der Waals surface area (Å²) < 4.78 is 29.8. The predicted molar refractivity (Wildman–Crippen MR) is 81.0 cm³/mol. The summed E-state index contributed by atoms with van der Waals surface area (Å²) >= 11 is 2.97. The van der Waals surface area contributed by atoms with Gasteiger partial charge >= 0.3 is 0 Å². The fourth-order valence-electron chi connectivity index (χ4n) is 2.12. The smallest absolute Gasteiger partial charge is 0.259 e. The molecule has 2 rings (SSSR count). The molecular formula is C12H16BrN3O4S. The maximum Gasteiger partial charge on any atom is 0.259 e. The van der Waals surface area contributed by atoms with Gasteiger partial charge in [0.2, 0.25) is 15.9 Å². The summed E-state index contributed by atoms with van der Waals surface area (Å²) in [5.74, 6) is 0.0776. The van der Waals surface area contributed by atoms with Crippen molar-refractivity contribution in [2.24, 2.45) is 0 Å². The van der Waals surface area contributed by atoms with E-state index in [1.165, 1.54) is 11.4 Å². The molecule has 0 bridgehead atoms. The van der Waals surface area contributed by atoms with Gasteiger partial charge in [-0.3, -0.25) is 4.79 Å². The summed E-state index contributed by atoms with van der Waals surface area (Å²) in [7, 11) is -1.81. The van der Waals surface area contributed by atoms with E-state index < -0.39 is 10.0 Å². The lowest BCUT2D eigenvalue weighted by atomic mass is 10.2. The molecule has 116 valence electrons. The van der Waals surface area contributed by atoms with Crippen molar-refractivity contribution in [2.75, 3.05) is 38.0 Å². The van der Waals surface area contributed by atoms with Gasteiger partial charge in [0.15, 0.2) is 0 Å². The van der Waals surface area contributed by atoms with Crippen molar-refractivity contribution < 1.29 is 17.9 Å². The van der Waals surface area contributed by atoms with Crippen LogP contribution in [0, 0.1) is 0 Å². The zero-order chi connectivity index (χ0) is 15.5. The van der Waals surface area contributed by atoms with E-state index in [4.69, 9.17) is 4.74 Å². The number of hydrogen-bond donors (Lipinski definition) is 0. The van der Waals surface area contributed by atoms with Crippen molar-refractivity contribution >= 4 is 31.9 Å². The molecule has 2 heterocycles. The van der Waals surface area contributed by atoms with Crippen LogP contribution in [0.25, 0.3) is 0 Å². The molecular weight excluding hydrogens is 362 g/mol. The first-order chi connectivity index (χ1) is 9.99. The molecule has 1 aromatic rings. The Kier molecular flexibility index (Phi) is 5.17. The van der Waals surface area contributed by atoms with E-state index >= 15 is 0 Å². The van der Waals surface area contributed by atoms with Crippen molar-refractivity contribution in [3.8, 4) is 5.88 Å². The number of carbonyl (C=O) groups is 1. The quantitative estimate of drug-likeness (QED) is 0.715. The Morgan fingerprint density at radius 1 is 1.38 bits per heavy atom. The number of carbonyl (C=O) groups excluding carboxylic acids is 1. The van der Waals surface area contributed by atoms with E-state index in [1.807, 2.05) is 0 Å². The second kappa shape index (κ2) is 6.71. The Bertz CT molecular complexity index is 615. The highest BCUT2D eigenvalue weighted by molar-refractivity contribution is 9.10. The maximum atomic E-state index is 12.4. The summed E-state index contributed by atoms with van der Waals surface area (Å²) in [6.07, 6.45) is 1.55. The number of sulfonamides is 1. The Balaban J connectivity index is 2.07. The van der Waals surface area contributed by atoms with Gasteiger partial charge in [0.05, 0.1) is 7.11 Å². The summed E-state index contributed by atoms with van der Waals surface area (Å²) in [4.78, 5) is 18.0. The molecule has 1 amide bonds. The average Bonchev–Trinajstić information content (AvgIpc) is 2.54. The Morgan fingerprint density at radius 2 is 2.05 bits per heavy atom. The van der Waals surface area contributed by atoms with Crippen molar-refractivity contribution in [2.45, 2.75) is 0 Å². The molecule has 0 saturated carbocycles. The second-order valence-corrected chi connectivity index (χ2v) is 7.74. The number of amides is 1. The number of methoxy groups -OCH3 is 1. The van der Waals surface area contributed by atoms with Crippen LogP contribution in [0.5, 0.6) is 5.88 Å². The monoisotopic (exact) mass is 377 g/mol. The molecule has 7 nitrogen and oxygen atoms in total. The molecule has 0 aliphatic carbocycles. The molecule has 1 aromatic heterocycles. The van der Waals surface area contributed by atoms with Crippen molar-refractivity contribution in [3.63, 3.8) is 0 Å². The number of piperazine rings is 1. The molecule has 0 N–H and O–H groups in total. The van der Waals surface area contributed by atoms with Gasteiger partial charge in [-0.2, -0.15) is 4.31 Å². The zero-order valence-corrected chi connectivity index (χ0v) is 13.9. The average molecular weight is 378 g/mol. The van der Waals surface area contributed by atoms with Crippen molar-refractivity contribution in [1.82, 2.24) is 14.2 Å². The van der Waals surface area contributed by atoms with E-state index in [1.54, 1.807) is 23.2 Å². The molecule has 0 spiro atoms. The second-order valence-electron chi connectivity index (χ2n) is 4.47. The number of hydrogen-bond acceptors (Lipinski definition) is 5. The van der Waals surface area contributed by atoms with E-state index in [-0.39, 0.29) is 16.4 Å². The number of alkyl halides is 1. The minimum atomic E-state index is -3.27. The predicted octanol–water partition coefficient (Wildman–Crippen LogP) is 0.530. The molecule has 1 saturated heterocycles. The van der Waals surface area contributed by atoms with Gasteiger partial charge < -0.3 is 9.64 Å². The third kappa shape index (κ3) is 3.53. The van der Waals surface area contributed by atoms with Crippen LogP contribution in [-0.2, 0) is 10.0 Å². The SMILES string of the molecule is COc1ncccc1C(=O)N1CCN(S(=O)(=O)CBr)CC1. The zero-order valence-electron chi connectivity index (χ0n) is 11.5. The van der Waals surface area contributed by atoms with Gasteiger partial charge in [-0.05, 0) is 12.1 Å². The summed E-state index contributed by atoms with van der Waals surface area (Å²) in [6, 6.07) is 3.32. The van der Waals surface area contributed by atoms with Gasteiger partial charge in [0.1, 0.15) is 10.2 Å². The fourth-order valence-corrected chi connectivity index (χ4v) is 3.85. The lowest BCUT2D eigenvalue weighted by molar-refractivity contribution is 0.0694. The molecule has 1 aliphatic heterocycles. The Hall–Kier alpha value is -1.19. The number of rotatable bonds is 4. The van der Waals surface area contributed by atoms with Crippen molar-refractivity contribution in [3.05, 3.63) is 23.9 Å². The first-order valence-corrected chi connectivity index (χ1v) is 9.04. The highest BCUT2D eigenvalue weighted by atomic mass is 79.9. The van der Waals surface area contributed by atoms with Gasteiger partial charge in [0.25, 0.3) is 5.91 Å². The fraction of sp³-hybridized carbons (Fsp3) is 0.500. The van der Waals surface area contributed by atoms with Gasteiger partial charge in [-0.1, -0.05) is 15.9 Å². The lowest BCUT2D eigenvalue weighted by Crippen LogP contribution is -2.50. The van der Waals surface area contributed by atoms with Crippen LogP contribution >= 0.6 is 15.9 Å². The topological polar surface area (TPSA) is 79.8 Å². The molecule has 0 unspecified atom stereocenters. The minimum absolute atomic E-state index is 0.107.